The molecule has 0 radical (unpaired) electrons. The Kier molecular flexibility index (Phi) is 5.34. The molecule has 0 heterocycles. The molecule has 2 saturated carbocycles. The first-order valence-corrected chi connectivity index (χ1v) is 8.03. The third-order valence-corrected chi connectivity index (χ3v) is 5.36. The summed E-state index contributed by atoms with van der Waals surface area (Å²) in [5.74, 6) is 3.89. The van der Waals surface area contributed by atoms with Crippen LogP contribution in [0.5, 0.6) is 0 Å². The van der Waals surface area contributed by atoms with Gasteiger partial charge in [-0.25, -0.2) is 0 Å². The maximum Gasteiger partial charge on any atom is -0.00462 e. The maximum absolute atomic E-state index is 5.99. The summed E-state index contributed by atoms with van der Waals surface area (Å²) in [5, 5.41) is 0. The van der Waals surface area contributed by atoms with E-state index < -0.39 is 0 Å². The number of rotatable bonds is 5. The van der Waals surface area contributed by atoms with E-state index >= 15 is 0 Å². The smallest absolute Gasteiger partial charge is 0.00462 e. The molecule has 0 aromatic rings. The Morgan fingerprint density at radius 3 is 2.35 bits per heavy atom. The van der Waals surface area contributed by atoms with Crippen molar-refractivity contribution in [3.05, 3.63) is 0 Å². The van der Waals surface area contributed by atoms with Crippen LogP contribution in [0.4, 0.5) is 0 Å². The molecule has 2 fully saturated rings. The fraction of sp³-hybridized carbons (Fsp3) is 1.00. The van der Waals surface area contributed by atoms with Crippen molar-refractivity contribution in [2.45, 2.75) is 71.1 Å². The Labute approximate surface area is 108 Å². The molecule has 2 aliphatic carbocycles. The standard InChI is InChI=1S/C16H31N/c1-2-5-13-8-9-15(12-17)16(10-13)11-14-6-3-4-7-14/h13-16H,2-12,17H2,1H3. The molecule has 100 valence electrons. The van der Waals surface area contributed by atoms with Crippen LogP contribution in [0.15, 0.2) is 0 Å². The summed E-state index contributed by atoms with van der Waals surface area (Å²) in [4.78, 5) is 0. The molecule has 1 nitrogen and oxygen atoms in total. The van der Waals surface area contributed by atoms with Gasteiger partial charge in [0.15, 0.2) is 0 Å². The zero-order valence-electron chi connectivity index (χ0n) is 11.7. The molecule has 2 aliphatic rings. The summed E-state index contributed by atoms with van der Waals surface area (Å²) < 4.78 is 0. The summed E-state index contributed by atoms with van der Waals surface area (Å²) in [6.45, 7) is 3.28. The van der Waals surface area contributed by atoms with Crippen LogP contribution in [0.1, 0.15) is 71.1 Å². The lowest BCUT2D eigenvalue weighted by atomic mass is 9.69. The monoisotopic (exact) mass is 237 g/mol. The average molecular weight is 237 g/mol. The normalized spacial score (nSPS) is 35.3. The van der Waals surface area contributed by atoms with Crippen LogP contribution in [0.3, 0.4) is 0 Å². The first-order chi connectivity index (χ1) is 8.33. The van der Waals surface area contributed by atoms with Gasteiger partial charge in [0.05, 0.1) is 0 Å². The Bertz CT molecular complexity index is 208. The summed E-state index contributed by atoms with van der Waals surface area (Å²) in [6.07, 6.45) is 14.7. The molecule has 0 aromatic heterocycles. The van der Waals surface area contributed by atoms with Gasteiger partial charge in [0.2, 0.25) is 0 Å². The largest absolute Gasteiger partial charge is 0.330 e. The van der Waals surface area contributed by atoms with E-state index in [0.717, 1.165) is 30.2 Å². The van der Waals surface area contributed by atoms with E-state index in [0.29, 0.717) is 0 Å². The Morgan fingerprint density at radius 2 is 1.71 bits per heavy atom. The van der Waals surface area contributed by atoms with Crippen molar-refractivity contribution in [3.63, 3.8) is 0 Å². The summed E-state index contributed by atoms with van der Waals surface area (Å²) in [5.41, 5.74) is 5.99. The molecule has 0 amide bonds. The number of hydrogen-bond donors (Lipinski definition) is 1. The van der Waals surface area contributed by atoms with Gasteiger partial charge < -0.3 is 5.73 Å². The second-order valence-electron chi connectivity index (χ2n) is 6.61. The van der Waals surface area contributed by atoms with Crippen molar-refractivity contribution in [2.24, 2.45) is 29.4 Å². The van der Waals surface area contributed by atoms with Crippen LogP contribution in [-0.4, -0.2) is 6.54 Å². The lowest BCUT2D eigenvalue weighted by molar-refractivity contribution is 0.149. The van der Waals surface area contributed by atoms with Gasteiger partial charge in [0, 0.05) is 0 Å². The minimum absolute atomic E-state index is 0.851. The fourth-order valence-electron chi connectivity index (χ4n) is 4.37. The van der Waals surface area contributed by atoms with Crippen LogP contribution < -0.4 is 5.73 Å². The van der Waals surface area contributed by atoms with E-state index in [1.165, 1.54) is 64.2 Å². The highest BCUT2D eigenvalue weighted by Crippen LogP contribution is 2.41. The third-order valence-electron chi connectivity index (χ3n) is 5.36. The molecule has 0 aromatic carbocycles. The molecule has 0 spiro atoms. The Balaban J connectivity index is 1.85. The van der Waals surface area contributed by atoms with Gasteiger partial charge >= 0.3 is 0 Å². The molecular formula is C16H31N. The lowest BCUT2D eigenvalue weighted by Crippen LogP contribution is -2.31. The van der Waals surface area contributed by atoms with Crippen LogP contribution in [0.2, 0.25) is 0 Å². The van der Waals surface area contributed by atoms with Crippen LogP contribution in [0, 0.1) is 23.7 Å². The summed E-state index contributed by atoms with van der Waals surface area (Å²) in [7, 11) is 0. The molecule has 0 bridgehead atoms. The summed E-state index contributed by atoms with van der Waals surface area (Å²) >= 11 is 0. The molecule has 17 heavy (non-hydrogen) atoms. The number of hydrogen-bond acceptors (Lipinski definition) is 1. The molecule has 1 heteroatoms. The maximum atomic E-state index is 5.99. The van der Waals surface area contributed by atoms with Crippen LogP contribution in [0.25, 0.3) is 0 Å². The summed E-state index contributed by atoms with van der Waals surface area (Å²) in [6, 6.07) is 0. The molecule has 3 unspecified atom stereocenters. The first kappa shape index (κ1) is 13.4. The predicted molar refractivity (Wildman–Crippen MR) is 74.9 cm³/mol. The zero-order valence-corrected chi connectivity index (χ0v) is 11.7. The SMILES string of the molecule is CCCC1CCC(CN)C(CC2CCCC2)C1. The van der Waals surface area contributed by atoms with Gasteiger partial charge in [-0.2, -0.15) is 0 Å². The zero-order chi connectivity index (χ0) is 12.1. The molecule has 3 atom stereocenters. The Morgan fingerprint density at radius 1 is 0.941 bits per heavy atom. The highest BCUT2D eigenvalue weighted by atomic mass is 14.6. The van der Waals surface area contributed by atoms with Crippen molar-refractivity contribution >= 4 is 0 Å². The van der Waals surface area contributed by atoms with Crippen molar-refractivity contribution in [1.82, 2.24) is 0 Å². The minimum Gasteiger partial charge on any atom is -0.330 e. The first-order valence-electron chi connectivity index (χ1n) is 8.03. The van der Waals surface area contributed by atoms with Crippen molar-refractivity contribution < 1.29 is 0 Å². The lowest BCUT2D eigenvalue weighted by Gasteiger charge is -2.37. The van der Waals surface area contributed by atoms with E-state index in [4.69, 9.17) is 5.73 Å². The van der Waals surface area contributed by atoms with E-state index in [1.807, 2.05) is 0 Å². The highest BCUT2D eigenvalue weighted by molar-refractivity contribution is 4.83. The second-order valence-corrected chi connectivity index (χ2v) is 6.61. The average Bonchev–Trinajstić information content (AvgIpc) is 2.83. The molecule has 0 aliphatic heterocycles. The van der Waals surface area contributed by atoms with Gasteiger partial charge in [-0.05, 0) is 49.5 Å². The van der Waals surface area contributed by atoms with Crippen molar-refractivity contribution in [3.8, 4) is 0 Å². The molecule has 2 N–H and O–H groups in total. The van der Waals surface area contributed by atoms with Crippen molar-refractivity contribution in [2.75, 3.05) is 6.54 Å². The predicted octanol–water partition coefficient (Wildman–Crippen LogP) is 4.36. The van der Waals surface area contributed by atoms with Crippen molar-refractivity contribution in [1.29, 1.82) is 0 Å². The molecular weight excluding hydrogens is 206 g/mol. The minimum atomic E-state index is 0.851. The van der Waals surface area contributed by atoms with Crippen LogP contribution in [-0.2, 0) is 0 Å². The van der Waals surface area contributed by atoms with Gasteiger partial charge in [-0.1, -0.05) is 51.9 Å². The molecule has 2 rings (SSSR count). The molecule has 0 saturated heterocycles. The third kappa shape index (κ3) is 3.71. The topological polar surface area (TPSA) is 26.0 Å². The van der Waals surface area contributed by atoms with E-state index in [1.54, 1.807) is 0 Å². The fourth-order valence-corrected chi connectivity index (χ4v) is 4.37. The van der Waals surface area contributed by atoms with Crippen LogP contribution >= 0.6 is 0 Å². The Hall–Kier alpha value is -0.0400. The van der Waals surface area contributed by atoms with E-state index in [-0.39, 0.29) is 0 Å². The van der Waals surface area contributed by atoms with Gasteiger partial charge in [0.25, 0.3) is 0 Å². The quantitative estimate of drug-likeness (QED) is 0.755. The van der Waals surface area contributed by atoms with Gasteiger partial charge in [-0.15, -0.1) is 0 Å². The van der Waals surface area contributed by atoms with E-state index in [2.05, 4.69) is 6.92 Å². The van der Waals surface area contributed by atoms with E-state index in [9.17, 15) is 0 Å². The number of nitrogens with two attached hydrogens (primary N) is 1. The van der Waals surface area contributed by atoms with Gasteiger partial charge in [-0.3, -0.25) is 0 Å². The second kappa shape index (κ2) is 6.78. The highest BCUT2D eigenvalue weighted by Gasteiger charge is 2.31. The van der Waals surface area contributed by atoms with Gasteiger partial charge in [0.1, 0.15) is 0 Å².